The van der Waals surface area contributed by atoms with Crippen LogP contribution in [0.25, 0.3) is 0 Å². The Balaban J connectivity index is 1.50. The van der Waals surface area contributed by atoms with Gasteiger partial charge in [-0.2, -0.15) is 0 Å². The second-order valence-corrected chi connectivity index (χ2v) is 7.61. The first-order valence-electron chi connectivity index (χ1n) is 9.53. The number of carbonyl (C=O) groups is 1. The van der Waals surface area contributed by atoms with Crippen LogP contribution in [0.15, 0.2) is 54.6 Å². The Bertz CT molecular complexity index is 796. The second kappa shape index (κ2) is 7.31. The number of carbonyl (C=O) groups excluding carboxylic acids is 1. The predicted octanol–water partition coefficient (Wildman–Crippen LogP) is 4.37. The van der Waals surface area contributed by atoms with Crippen molar-refractivity contribution in [3.63, 3.8) is 0 Å². The molecule has 0 aliphatic carbocycles. The van der Waals surface area contributed by atoms with Crippen LogP contribution in [0.1, 0.15) is 43.2 Å². The van der Waals surface area contributed by atoms with Gasteiger partial charge in [-0.05, 0) is 30.9 Å². The molecule has 2 aromatic carbocycles. The number of nitrogens with zero attached hydrogens (tertiary/aromatic N) is 1. The summed E-state index contributed by atoms with van der Waals surface area (Å²) >= 11 is 0. The van der Waals surface area contributed by atoms with Crippen molar-refractivity contribution in [2.24, 2.45) is 0 Å². The van der Waals surface area contributed by atoms with E-state index in [0.29, 0.717) is 18.4 Å². The summed E-state index contributed by atoms with van der Waals surface area (Å²) < 4.78 is 19.8. The minimum absolute atomic E-state index is 0.134. The Labute approximate surface area is 158 Å². The number of amides is 1. The van der Waals surface area contributed by atoms with Crippen LogP contribution in [0.5, 0.6) is 0 Å². The smallest absolute Gasteiger partial charge is 0.410 e. The lowest BCUT2D eigenvalue weighted by Crippen LogP contribution is -2.59. The summed E-state index contributed by atoms with van der Waals surface area (Å²) in [5, 5.41) is 11.2. The zero-order valence-electron chi connectivity index (χ0n) is 15.2. The van der Waals surface area contributed by atoms with E-state index in [1.807, 2.05) is 30.3 Å². The topological polar surface area (TPSA) is 49.8 Å². The standard InChI is InChI=1S/C22H24FNO3/c23-20-12-5-4-11-19(20)22(26)13-17-9-6-10-18(14-22)24(17)21(25)27-15-16-7-2-1-3-8-16/h1-5,7-8,11-12,17-18,26H,6,9-10,13-15H2. The second-order valence-electron chi connectivity index (χ2n) is 7.61. The molecule has 2 fully saturated rings. The summed E-state index contributed by atoms with van der Waals surface area (Å²) in [7, 11) is 0. The number of rotatable bonds is 3. The molecule has 27 heavy (non-hydrogen) atoms. The third kappa shape index (κ3) is 3.56. The molecule has 5 heteroatoms. The van der Waals surface area contributed by atoms with E-state index in [2.05, 4.69) is 0 Å². The predicted molar refractivity (Wildman–Crippen MR) is 99.4 cm³/mol. The summed E-state index contributed by atoms with van der Waals surface area (Å²) in [5.74, 6) is -0.391. The zero-order valence-corrected chi connectivity index (χ0v) is 15.2. The van der Waals surface area contributed by atoms with Crippen LogP contribution in [-0.2, 0) is 16.9 Å². The first-order valence-corrected chi connectivity index (χ1v) is 9.53. The van der Waals surface area contributed by atoms with E-state index in [9.17, 15) is 14.3 Å². The van der Waals surface area contributed by atoms with Crippen LogP contribution < -0.4 is 0 Å². The normalized spacial score (nSPS) is 27.3. The van der Waals surface area contributed by atoms with Crippen LogP contribution in [0, 0.1) is 5.82 Å². The average molecular weight is 369 g/mol. The molecule has 1 N–H and O–H groups in total. The van der Waals surface area contributed by atoms with Crippen molar-refractivity contribution < 1.29 is 19.0 Å². The van der Waals surface area contributed by atoms with E-state index in [0.717, 1.165) is 24.8 Å². The highest BCUT2D eigenvalue weighted by Crippen LogP contribution is 2.45. The molecule has 4 nitrogen and oxygen atoms in total. The lowest BCUT2D eigenvalue weighted by molar-refractivity contribution is -0.0911. The van der Waals surface area contributed by atoms with Crippen molar-refractivity contribution in [2.45, 2.75) is 56.4 Å². The number of hydrogen-bond donors (Lipinski definition) is 1. The van der Waals surface area contributed by atoms with Crippen LogP contribution >= 0.6 is 0 Å². The number of piperidine rings is 2. The molecule has 2 aliphatic rings. The maximum Gasteiger partial charge on any atom is 0.410 e. The van der Waals surface area contributed by atoms with Gasteiger partial charge in [0.1, 0.15) is 12.4 Å². The number of fused-ring (bicyclic) bond motifs is 2. The van der Waals surface area contributed by atoms with Crippen molar-refractivity contribution in [1.82, 2.24) is 4.90 Å². The molecule has 2 atom stereocenters. The fourth-order valence-corrected chi connectivity index (χ4v) is 4.58. The molecule has 2 bridgehead atoms. The van der Waals surface area contributed by atoms with Gasteiger partial charge < -0.3 is 14.7 Å². The van der Waals surface area contributed by atoms with Gasteiger partial charge in [-0.1, -0.05) is 48.5 Å². The highest BCUT2D eigenvalue weighted by molar-refractivity contribution is 5.69. The van der Waals surface area contributed by atoms with Crippen LogP contribution in [0.3, 0.4) is 0 Å². The SMILES string of the molecule is O=C(OCc1ccccc1)N1C2CCCC1CC(O)(c1ccccc1F)C2. The molecule has 4 rings (SSSR count). The number of halogens is 1. The largest absolute Gasteiger partial charge is 0.445 e. The minimum Gasteiger partial charge on any atom is -0.445 e. The third-order valence-corrected chi connectivity index (χ3v) is 5.80. The van der Waals surface area contributed by atoms with Gasteiger partial charge in [-0.3, -0.25) is 0 Å². The fraction of sp³-hybridized carbons (Fsp3) is 0.409. The Morgan fingerprint density at radius 3 is 2.37 bits per heavy atom. The van der Waals surface area contributed by atoms with Crippen molar-refractivity contribution in [3.8, 4) is 0 Å². The van der Waals surface area contributed by atoms with Gasteiger partial charge >= 0.3 is 6.09 Å². The van der Waals surface area contributed by atoms with Crippen LogP contribution in [0.2, 0.25) is 0 Å². The molecule has 142 valence electrons. The van der Waals surface area contributed by atoms with Crippen molar-refractivity contribution in [3.05, 3.63) is 71.5 Å². The molecule has 2 aromatic rings. The number of hydrogen-bond acceptors (Lipinski definition) is 3. The van der Waals surface area contributed by atoms with Crippen molar-refractivity contribution >= 4 is 6.09 Å². The van der Waals surface area contributed by atoms with Gasteiger partial charge in [0.15, 0.2) is 0 Å². The van der Waals surface area contributed by atoms with E-state index in [1.165, 1.54) is 6.07 Å². The molecular weight excluding hydrogens is 345 g/mol. The van der Waals surface area contributed by atoms with Gasteiger partial charge in [0.2, 0.25) is 0 Å². The van der Waals surface area contributed by atoms with Gasteiger partial charge in [-0.25, -0.2) is 9.18 Å². The van der Waals surface area contributed by atoms with E-state index in [-0.39, 0.29) is 24.8 Å². The molecule has 2 saturated heterocycles. The summed E-state index contributed by atoms with van der Waals surface area (Å²) in [6.45, 7) is 0.229. The highest BCUT2D eigenvalue weighted by atomic mass is 19.1. The highest BCUT2D eigenvalue weighted by Gasteiger charge is 2.49. The number of aliphatic hydroxyl groups is 1. The van der Waals surface area contributed by atoms with Crippen LogP contribution in [-0.4, -0.2) is 28.2 Å². The third-order valence-electron chi connectivity index (χ3n) is 5.80. The van der Waals surface area contributed by atoms with Gasteiger partial charge in [-0.15, -0.1) is 0 Å². The van der Waals surface area contributed by atoms with Crippen LogP contribution in [0.4, 0.5) is 9.18 Å². The molecule has 2 aliphatic heterocycles. The first-order chi connectivity index (χ1) is 13.1. The Kier molecular flexibility index (Phi) is 4.87. The Morgan fingerprint density at radius 2 is 1.70 bits per heavy atom. The summed E-state index contributed by atoms with van der Waals surface area (Å²) in [5.41, 5.74) is 0.0344. The lowest BCUT2D eigenvalue weighted by Gasteiger charge is -2.51. The molecule has 0 aromatic heterocycles. The van der Waals surface area contributed by atoms with E-state index < -0.39 is 11.4 Å². The summed E-state index contributed by atoms with van der Waals surface area (Å²) in [6.07, 6.45) is 2.94. The monoisotopic (exact) mass is 369 g/mol. The summed E-state index contributed by atoms with van der Waals surface area (Å²) in [4.78, 5) is 14.5. The maximum atomic E-state index is 14.3. The quantitative estimate of drug-likeness (QED) is 0.874. The number of ether oxygens (including phenoxy) is 1. The molecule has 0 spiro atoms. The first kappa shape index (κ1) is 18.0. The Morgan fingerprint density at radius 1 is 1.07 bits per heavy atom. The van der Waals surface area contributed by atoms with Gasteiger partial charge in [0, 0.05) is 30.5 Å². The molecule has 2 heterocycles. The molecule has 1 amide bonds. The average Bonchev–Trinajstić information content (AvgIpc) is 2.66. The Hall–Kier alpha value is -2.40. The lowest BCUT2D eigenvalue weighted by atomic mass is 9.72. The zero-order chi connectivity index (χ0) is 18.9. The molecular formula is C22H24FNO3. The van der Waals surface area contributed by atoms with Gasteiger partial charge in [0.25, 0.3) is 0 Å². The fourth-order valence-electron chi connectivity index (χ4n) is 4.58. The summed E-state index contributed by atoms with van der Waals surface area (Å²) in [6, 6.07) is 15.7. The van der Waals surface area contributed by atoms with Crippen molar-refractivity contribution in [2.75, 3.05) is 0 Å². The maximum absolute atomic E-state index is 14.3. The number of benzene rings is 2. The van der Waals surface area contributed by atoms with Crippen molar-refractivity contribution in [1.29, 1.82) is 0 Å². The van der Waals surface area contributed by atoms with E-state index in [4.69, 9.17) is 4.74 Å². The minimum atomic E-state index is -1.24. The van der Waals surface area contributed by atoms with Gasteiger partial charge in [0.05, 0.1) is 5.60 Å². The van der Waals surface area contributed by atoms with E-state index >= 15 is 0 Å². The molecule has 0 saturated carbocycles. The molecule has 2 unspecified atom stereocenters. The van der Waals surface area contributed by atoms with E-state index in [1.54, 1.807) is 23.1 Å². The molecule has 0 radical (unpaired) electrons.